The van der Waals surface area contributed by atoms with Crippen molar-refractivity contribution in [1.82, 2.24) is 0 Å². The van der Waals surface area contributed by atoms with Crippen LogP contribution in [0.15, 0.2) is 42.6 Å². The van der Waals surface area contributed by atoms with E-state index < -0.39 is 0 Å². The minimum absolute atomic E-state index is 0.684. The summed E-state index contributed by atoms with van der Waals surface area (Å²) in [5, 5.41) is 2.78. The van der Waals surface area contributed by atoms with Gasteiger partial charge >= 0.3 is 0 Å². The molecule has 0 bridgehead atoms. The second-order valence-corrected chi connectivity index (χ2v) is 11.7. The first-order valence-electron chi connectivity index (χ1n) is 14.1. The van der Waals surface area contributed by atoms with Gasteiger partial charge < -0.3 is 0 Å². The van der Waals surface area contributed by atoms with E-state index in [-0.39, 0.29) is 0 Å². The molecule has 0 spiro atoms. The van der Waals surface area contributed by atoms with Crippen LogP contribution >= 0.6 is 0 Å². The molecule has 2 saturated carbocycles. The van der Waals surface area contributed by atoms with Gasteiger partial charge in [-0.25, -0.2) is 4.57 Å². The van der Waals surface area contributed by atoms with Gasteiger partial charge in [-0.15, -0.1) is 0 Å². The van der Waals surface area contributed by atoms with Gasteiger partial charge in [-0.2, -0.15) is 0 Å². The maximum Gasteiger partial charge on any atom is 0.220 e. The number of fused-ring (bicyclic) bond motifs is 1. The molecule has 0 radical (unpaired) electrons. The molecule has 0 atom stereocenters. The third kappa shape index (κ3) is 4.81. The van der Waals surface area contributed by atoms with Gasteiger partial charge in [0.2, 0.25) is 5.69 Å². The van der Waals surface area contributed by atoms with Gasteiger partial charge in [-0.3, -0.25) is 0 Å². The van der Waals surface area contributed by atoms with Crippen molar-refractivity contribution in [1.29, 1.82) is 0 Å². The Balaban J connectivity index is 1.68. The molecule has 0 unspecified atom stereocenters. The van der Waals surface area contributed by atoms with Gasteiger partial charge in [-0.1, -0.05) is 70.6 Å². The van der Waals surface area contributed by atoms with Crippen LogP contribution in [0.5, 0.6) is 0 Å². The molecule has 5 rings (SSSR count). The number of aromatic nitrogens is 1. The number of hydrogen-bond acceptors (Lipinski definition) is 0. The summed E-state index contributed by atoms with van der Waals surface area (Å²) < 4.78 is 2.38. The molecule has 0 saturated heterocycles. The Bertz CT molecular complexity index is 1140. The predicted octanol–water partition coefficient (Wildman–Crippen LogP) is 8.93. The Hall–Kier alpha value is -2.15. The van der Waals surface area contributed by atoms with E-state index >= 15 is 0 Å². The fourth-order valence-electron chi connectivity index (χ4n) is 6.87. The van der Waals surface area contributed by atoms with Crippen molar-refractivity contribution in [3.05, 3.63) is 64.8 Å². The topological polar surface area (TPSA) is 3.88 Å². The van der Waals surface area contributed by atoms with Crippen LogP contribution in [0.2, 0.25) is 0 Å². The van der Waals surface area contributed by atoms with Crippen molar-refractivity contribution in [2.45, 2.75) is 103 Å². The first-order valence-corrected chi connectivity index (χ1v) is 14.1. The van der Waals surface area contributed by atoms with Crippen LogP contribution in [0, 0.1) is 12.8 Å². The van der Waals surface area contributed by atoms with Crippen LogP contribution in [0.1, 0.15) is 112 Å². The van der Waals surface area contributed by atoms with Crippen LogP contribution in [0.4, 0.5) is 0 Å². The van der Waals surface area contributed by atoms with Crippen molar-refractivity contribution in [3.8, 4) is 11.3 Å². The smallest absolute Gasteiger partial charge is 0.200 e. The summed E-state index contributed by atoms with van der Waals surface area (Å²) in [7, 11) is 2.24. The number of pyridine rings is 1. The molecular formula is C33H44N+. The summed E-state index contributed by atoms with van der Waals surface area (Å²) in [4.78, 5) is 0. The van der Waals surface area contributed by atoms with E-state index in [9.17, 15) is 0 Å². The highest BCUT2D eigenvalue weighted by Gasteiger charge is 2.26. The van der Waals surface area contributed by atoms with Gasteiger partial charge in [0.15, 0.2) is 6.20 Å². The van der Waals surface area contributed by atoms with E-state index in [1.807, 2.05) is 0 Å². The first kappa shape index (κ1) is 23.6. The van der Waals surface area contributed by atoms with Crippen molar-refractivity contribution in [2.24, 2.45) is 13.0 Å². The molecule has 1 heterocycles. The lowest BCUT2D eigenvalue weighted by Crippen LogP contribution is -2.31. The van der Waals surface area contributed by atoms with Crippen LogP contribution in [0.25, 0.3) is 22.0 Å². The molecule has 0 amide bonds. The Kier molecular flexibility index (Phi) is 7.09. The minimum atomic E-state index is 0.684. The second kappa shape index (κ2) is 10.2. The summed E-state index contributed by atoms with van der Waals surface area (Å²) in [6.07, 6.45) is 17.3. The zero-order chi connectivity index (χ0) is 23.7. The highest BCUT2D eigenvalue weighted by Crippen LogP contribution is 2.42. The molecule has 0 N–H and O–H groups in total. The molecule has 2 fully saturated rings. The van der Waals surface area contributed by atoms with E-state index in [0.717, 1.165) is 18.3 Å². The van der Waals surface area contributed by atoms with E-state index in [1.165, 1.54) is 97.4 Å². The van der Waals surface area contributed by atoms with Crippen molar-refractivity contribution in [2.75, 3.05) is 0 Å². The number of aryl methyl sites for hydroxylation is 1. The molecule has 1 nitrogen and oxygen atoms in total. The van der Waals surface area contributed by atoms with Gasteiger partial charge in [-0.05, 0) is 96.6 Å². The van der Waals surface area contributed by atoms with Gasteiger partial charge in [0.25, 0.3) is 0 Å². The molecule has 0 aliphatic heterocycles. The standard InChI is InChI=1S/C33H44N/c1-23(2)19-25-15-16-30-28(20-25)17-18-34(4)33(30)32-22-29(26-11-7-5-8-12-26)21-31(24(32)3)27-13-9-6-10-14-27/h15-18,20-23,26-27H,5-14,19H2,1-4H3/q+1. The molecule has 180 valence electrons. The molecule has 3 aromatic rings. The SMILES string of the molecule is Cc1c(-c2c3ccc(CC(C)C)cc3cc[n+]2C)cc(C2CCCCC2)cc1C1CCCCC1. The van der Waals surface area contributed by atoms with Crippen LogP contribution in [-0.2, 0) is 13.5 Å². The molecular weight excluding hydrogens is 410 g/mol. The number of benzene rings is 2. The zero-order valence-corrected chi connectivity index (χ0v) is 22.0. The lowest BCUT2D eigenvalue weighted by molar-refractivity contribution is -0.659. The first-order chi connectivity index (χ1) is 16.5. The average molecular weight is 455 g/mol. The summed E-state index contributed by atoms with van der Waals surface area (Å²) in [6, 6.07) is 14.8. The quantitative estimate of drug-likeness (QED) is 0.339. The molecule has 34 heavy (non-hydrogen) atoms. The summed E-state index contributed by atoms with van der Waals surface area (Å²) in [5.74, 6) is 2.17. The van der Waals surface area contributed by atoms with Crippen molar-refractivity contribution >= 4 is 10.8 Å². The fraction of sp³-hybridized carbons (Fsp3) is 0.545. The second-order valence-electron chi connectivity index (χ2n) is 11.7. The molecule has 2 aliphatic rings. The normalized spacial score (nSPS) is 18.1. The van der Waals surface area contributed by atoms with Crippen molar-refractivity contribution in [3.63, 3.8) is 0 Å². The third-order valence-electron chi connectivity index (χ3n) is 8.69. The van der Waals surface area contributed by atoms with Crippen molar-refractivity contribution < 1.29 is 4.57 Å². The lowest BCUT2D eigenvalue weighted by Gasteiger charge is -2.28. The van der Waals surface area contributed by atoms with Crippen LogP contribution in [-0.4, -0.2) is 0 Å². The largest absolute Gasteiger partial charge is 0.220 e. The highest BCUT2D eigenvalue weighted by molar-refractivity contribution is 5.94. The Morgan fingerprint density at radius 3 is 2.18 bits per heavy atom. The maximum atomic E-state index is 2.65. The number of nitrogens with zero attached hydrogens (tertiary/aromatic N) is 1. The highest BCUT2D eigenvalue weighted by atomic mass is 14.9. The van der Waals surface area contributed by atoms with E-state index in [2.05, 4.69) is 75.0 Å². The monoisotopic (exact) mass is 454 g/mol. The van der Waals surface area contributed by atoms with Crippen LogP contribution < -0.4 is 4.57 Å². The predicted molar refractivity (Wildman–Crippen MR) is 145 cm³/mol. The average Bonchev–Trinajstić information content (AvgIpc) is 2.85. The van der Waals surface area contributed by atoms with Gasteiger partial charge in [0.1, 0.15) is 7.05 Å². The number of hydrogen-bond donors (Lipinski definition) is 0. The van der Waals surface area contributed by atoms with Gasteiger partial charge in [0.05, 0.1) is 10.9 Å². The zero-order valence-electron chi connectivity index (χ0n) is 22.0. The lowest BCUT2D eigenvalue weighted by atomic mass is 9.76. The maximum absolute atomic E-state index is 2.65. The summed E-state index contributed by atoms with van der Waals surface area (Å²) in [6.45, 7) is 7.04. The van der Waals surface area contributed by atoms with E-state index in [4.69, 9.17) is 0 Å². The summed E-state index contributed by atoms with van der Waals surface area (Å²) in [5.41, 5.74) is 9.15. The molecule has 1 heteroatoms. The Morgan fingerprint density at radius 1 is 0.824 bits per heavy atom. The molecule has 1 aromatic heterocycles. The van der Waals surface area contributed by atoms with E-state index in [1.54, 1.807) is 11.1 Å². The Labute approximate surface area is 207 Å². The van der Waals surface area contributed by atoms with Crippen LogP contribution in [0.3, 0.4) is 0 Å². The van der Waals surface area contributed by atoms with E-state index in [0.29, 0.717) is 5.92 Å². The Morgan fingerprint density at radius 2 is 1.50 bits per heavy atom. The number of rotatable bonds is 5. The minimum Gasteiger partial charge on any atom is -0.200 e. The molecule has 2 aliphatic carbocycles. The fourth-order valence-corrected chi connectivity index (χ4v) is 6.87. The summed E-state index contributed by atoms with van der Waals surface area (Å²) >= 11 is 0. The third-order valence-corrected chi connectivity index (χ3v) is 8.69. The molecule has 2 aromatic carbocycles. The van der Waals surface area contributed by atoms with Gasteiger partial charge in [0, 0.05) is 6.07 Å².